The van der Waals surface area contributed by atoms with Gasteiger partial charge in [-0.3, -0.25) is 25.2 Å². The van der Waals surface area contributed by atoms with Crippen LogP contribution in [-0.2, 0) is 9.59 Å². The number of amides is 3. The van der Waals surface area contributed by atoms with E-state index in [4.69, 9.17) is 23.2 Å². The first-order chi connectivity index (χ1) is 12.9. The van der Waals surface area contributed by atoms with Crippen LogP contribution in [0.15, 0.2) is 46.9 Å². The van der Waals surface area contributed by atoms with Crippen molar-refractivity contribution in [1.29, 1.82) is 0 Å². The van der Waals surface area contributed by atoms with Crippen molar-refractivity contribution in [3.63, 3.8) is 0 Å². The minimum absolute atomic E-state index is 0.0167. The first-order valence-corrected chi connectivity index (χ1v) is 9.52. The highest BCUT2D eigenvalue weighted by Crippen LogP contribution is 2.35. The summed E-state index contributed by atoms with van der Waals surface area (Å²) >= 11 is 15.4. The highest BCUT2D eigenvalue weighted by Gasteiger charge is 2.36. The first kappa shape index (κ1) is 19.7. The molecule has 0 saturated carbocycles. The zero-order valence-electron chi connectivity index (χ0n) is 13.8. The number of hydrogen-bond donors (Lipinski definition) is 2. The predicted molar refractivity (Wildman–Crippen MR) is 107 cm³/mol. The number of nitrogens with one attached hydrogen (secondary N) is 2. The molecule has 1 aliphatic heterocycles. The average Bonchev–Trinajstić information content (AvgIpc) is 3.04. The summed E-state index contributed by atoms with van der Waals surface area (Å²) in [5.74, 6) is -1.75. The Morgan fingerprint density at radius 3 is 2.48 bits per heavy atom. The Hall–Kier alpha value is -2.09. The number of carbonyl (C=O) groups excluding carboxylic acids is 3. The Kier molecular flexibility index (Phi) is 6.04. The van der Waals surface area contributed by atoms with E-state index in [0.717, 1.165) is 4.47 Å². The van der Waals surface area contributed by atoms with Gasteiger partial charge in [0.25, 0.3) is 5.91 Å². The van der Waals surface area contributed by atoms with Crippen LogP contribution in [0.25, 0.3) is 0 Å². The molecule has 1 fully saturated rings. The van der Waals surface area contributed by atoms with Crippen molar-refractivity contribution in [2.45, 2.75) is 6.42 Å². The van der Waals surface area contributed by atoms with Crippen LogP contribution in [0.5, 0.6) is 0 Å². The molecule has 1 atom stereocenters. The smallest absolute Gasteiger partial charge is 0.269 e. The Labute approximate surface area is 173 Å². The van der Waals surface area contributed by atoms with Crippen molar-refractivity contribution in [3.8, 4) is 0 Å². The summed E-state index contributed by atoms with van der Waals surface area (Å²) in [6.45, 7) is 0.152. The van der Waals surface area contributed by atoms with E-state index in [1.54, 1.807) is 42.5 Å². The number of nitrogens with zero attached hydrogens (tertiary/aromatic N) is 1. The van der Waals surface area contributed by atoms with Gasteiger partial charge in [0.2, 0.25) is 11.8 Å². The first-order valence-electron chi connectivity index (χ1n) is 7.97. The van der Waals surface area contributed by atoms with Crippen molar-refractivity contribution in [3.05, 3.63) is 62.5 Å². The number of benzene rings is 2. The van der Waals surface area contributed by atoms with E-state index in [9.17, 15) is 14.4 Å². The van der Waals surface area contributed by atoms with Crippen LogP contribution in [-0.4, -0.2) is 24.3 Å². The van der Waals surface area contributed by atoms with E-state index in [1.807, 2.05) is 0 Å². The van der Waals surface area contributed by atoms with Gasteiger partial charge in [0.05, 0.1) is 21.7 Å². The van der Waals surface area contributed by atoms with Gasteiger partial charge in [-0.15, -0.1) is 0 Å². The fourth-order valence-corrected chi connectivity index (χ4v) is 3.37. The van der Waals surface area contributed by atoms with Crippen LogP contribution in [0.4, 0.5) is 5.69 Å². The molecule has 0 radical (unpaired) electrons. The normalized spacial score (nSPS) is 16.3. The largest absolute Gasteiger partial charge is 0.310 e. The Balaban J connectivity index is 1.61. The second-order valence-electron chi connectivity index (χ2n) is 5.93. The van der Waals surface area contributed by atoms with Crippen molar-refractivity contribution in [1.82, 2.24) is 10.9 Å². The number of rotatable bonds is 3. The van der Waals surface area contributed by atoms with Gasteiger partial charge in [0.1, 0.15) is 0 Å². The van der Waals surface area contributed by atoms with Gasteiger partial charge in [-0.25, -0.2) is 0 Å². The predicted octanol–water partition coefficient (Wildman–Crippen LogP) is 3.57. The van der Waals surface area contributed by atoms with Gasteiger partial charge >= 0.3 is 0 Å². The molecule has 27 heavy (non-hydrogen) atoms. The van der Waals surface area contributed by atoms with Crippen LogP contribution in [0, 0.1) is 5.92 Å². The van der Waals surface area contributed by atoms with Gasteiger partial charge in [-0.05, 0) is 36.4 Å². The summed E-state index contributed by atoms with van der Waals surface area (Å²) in [4.78, 5) is 38.1. The third kappa shape index (κ3) is 4.43. The lowest BCUT2D eigenvalue weighted by Crippen LogP contribution is -2.45. The molecule has 0 bridgehead atoms. The highest BCUT2D eigenvalue weighted by molar-refractivity contribution is 9.10. The maximum absolute atomic E-state index is 12.3. The van der Waals surface area contributed by atoms with Crippen LogP contribution in [0.2, 0.25) is 10.0 Å². The molecule has 1 saturated heterocycles. The molecule has 9 heteroatoms. The molecule has 0 aliphatic carbocycles. The Morgan fingerprint density at radius 2 is 1.78 bits per heavy atom. The summed E-state index contributed by atoms with van der Waals surface area (Å²) in [5.41, 5.74) is 5.58. The summed E-state index contributed by atoms with van der Waals surface area (Å²) in [6.07, 6.45) is 0.0167. The summed E-state index contributed by atoms with van der Waals surface area (Å²) in [6, 6.07) is 11.7. The van der Waals surface area contributed by atoms with E-state index in [0.29, 0.717) is 16.3 Å². The van der Waals surface area contributed by atoms with E-state index in [2.05, 4.69) is 26.8 Å². The van der Waals surface area contributed by atoms with Crippen molar-refractivity contribution >= 4 is 62.5 Å². The van der Waals surface area contributed by atoms with Crippen LogP contribution >= 0.6 is 39.1 Å². The molecule has 0 unspecified atom stereocenters. The Morgan fingerprint density at radius 1 is 1.07 bits per heavy atom. The number of anilines is 1. The molecular weight excluding hydrogens is 457 g/mol. The summed E-state index contributed by atoms with van der Waals surface area (Å²) < 4.78 is 0.840. The minimum atomic E-state index is -0.613. The lowest BCUT2D eigenvalue weighted by molar-refractivity contribution is -0.126. The Bertz CT molecular complexity index is 905. The lowest BCUT2D eigenvalue weighted by atomic mass is 10.1. The monoisotopic (exact) mass is 469 g/mol. The second kappa shape index (κ2) is 8.29. The molecule has 1 heterocycles. The van der Waals surface area contributed by atoms with Gasteiger partial charge < -0.3 is 4.90 Å². The zero-order chi connectivity index (χ0) is 19.6. The third-order valence-electron chi connectivity index (χ3n) is 4.12. The van der Waals surface area contributed by atoms with Crippen LogP contribution in [0.3, 0.4) is 0 Å². The zero-order valence-corrected chi connectivity index (χ0v) is 16.9. The van der Waals surface area contributed by atoms with Crippen molar-refractivity contribution < 1.29 is 14.4 Å². The van der Waals surface area contributed by atoms with Crippen molar-refractivity contribution in [2.24, 2.45) is 5.92 Å². The summed E-state index contributed by atoms with van der Waals surface area (Å²) in [5, 5.41) is 0.591. The molecule has 0 spiro atoms. The third-order valence-corrected chi connectivity index (χ3v) is 5.46. The molecule has 2 aromatic carbocycles. The number of hydrogen-bond acceptors (Lipinski definition) is 3. The SMILES string of the molecule is O=C(NNC(=O)[C@H]1CC(=O)N(c2cccc(Cl)c2Cl)C1)c1ccc(Br)cc1. The quantitative estimate of drug-likeness (QED) is 0.673. The standard InChI is InChI=1S/C18H14BrCl2N3O3/c19-12-6-4-10(5-7-12)17(26)22-23-18(27)11-8-15(25)24(9-11)14-3-1-2-13(20)16(14)21/h1-7,11H,8-9H2,(H,22,26)(H,23,27)/t11-/m0/s1. The van der Waals surface area contributed by atoms with Gasteiger partial charge in [0, 0.05) is 23.0 Å². The van der Waals surface area contributed by atoms with E-state index in [-0.39, 0.29) is 23.9 Å². The average molecular weight is 471 g/mol. The molecule has 1 aliphatic rings. The minimum Gasteiger partial charge on any atom is -0.310 e. The molecule has 2 N–H and O–H groups in total. The molecule has 2 aromatic rings. The fraction of sp³-hybridized carbons (Fsp3) is 0.167. The maximum Gasteiger partial charge on any atom is 0.269 e. The molecular formula is C18H14BrCl2N3O3. The second-order valence-corrected chi connectivity index (χ2v) is 7.63. The number of halogens is 3. The maximum atomic E-state index is 12.3. The van der Waals surface area contributed by atoms with Crippen molar-refractivity contribution in [2.75, 3.05) is 11.4 Å². The van der Waals surface area contributed by atoms with Crippen LogP contribution < -0.4 is 15.8 Å². The number of carbonyl (C=O) groups is 3. The van der Waals surface area contributed by atoms with Gasteiger partial charge in [0.15, 0.2) is 0 Å². The molecule has 6 nitrogen and oxygen atoms in total. The van der Waals surface area contributed by atoms with Gasteiger partial charge in [-0.1, -0.05) is 45.2 Å². The highest BCUT2D eigenvalue weighted by atomic mass is 79.9. The summed E-state index contributed by atoms with van der Waals surface area (Å²) in [7, 11) is 0. The van der Waals surface area contributed by atoms with Gasteiger partial charge in [-0.2, -0.15) is 0 Å². The molecule has 0 aromatic heterocycles. The topological polar surface area (TPSA) is 78.5 Å². The van der Waals surface area contributed by atoms with Crippen LogP contribution in [0.1, 0.15) is 16.8 Å². The van der Waals surface area contributed by atoms with E-state index < -0.39 is 17.7 Å². The lowest BCUT2D eigenvalue weighted by Gasteiger charge is -2.18. The van der Waals surface area contributed by atoms with E-state index >= 15 is 0 Å². The molecule has 3 amide bonds. The molecule has 140 valence electrons. The fourth-order valence-electron chi connectivity index (χ4n) is 2.71. The van der Waals surface area contributed by atoms with E-state index in [1.165, 1.54) is 4.90 Å². The molecule has 3 rings (SSSR count). The number of hydrazine groups is 1.